The van der Waals surface area contributed by atoms with Gasteiger partial charge in [0.05, 0.1) is 17.5 Å². The lowest BCUT2D eigenvalue weighted by atomic mass is 10.0. The standard InChI is InChI=1S/C25H26F2N4O3S/c1-15-12-29-13-17-2-5-18(10-20(15)17)30-24(32)22-11-21(22)16-3-6-19(7-4-16)35(33,34)31-23-8-9-28-14-25(23,26)27/h2-7,10,12-13,21-23,28,31H,8-9,11,14H2,1H3,(H,30,32)/t21-,22+,23?/m0/s1. The van der Waals surface area contributed by atoms with Crippen LogP contribution >= 0.6 is 0 Å². The summed E-state index contributed by atoms with van der Waals surface area (Å²) in [5.74, 6) is -3.47. The first kappa shape index (κ1) is 23.8. The van der Waals surface area contributed by atoms with Crippen LogP contribution in [0.1, 0.15) is 29.9 Å². The maximum Gasteiger partial charge on any atom is 0.276 e. The van der Waals surface area contributed by atoms with Gasteiger partial charge in [-0.3, -0.25) is 9.78 Å². The molecule has 35 heavy (non-hydrogen) atoms. The Morgan fingerprint density at radius 3 is 2.66 bits per heavy atom. The average molecular weight is 501 g/mol. The number of carbonyl (C=O) groups excluding carboxylic acids is 1. The first-order chi connectivity index (χ1) is 16.6. The predicted molar refractivity (Wildman–Crippen MR) is 129 cm³/mol. The lowest BCUT2D eigenvalue weighted by molar-refractivity contribution is -0.117. The summed E-state index contributed by atoms with van der Waals surface area (Å²) < 4.78 is 55.5. The van der Waals surface area contributed by atoms with Crippen LogP contribution < -0.4 is 15.4 Å². The van der Waals surface area contributed by atoms with Crippen LogP contribution in [0.15, 0.2) is 59.8 Å². The molecule has 1 amide bonds. The summed E-state index contributed by atoms with van der Waals surface area (Å²) in [6, 6.07) is 10.4. The Labute approximate surface area is 202 Å². The summed E-state index contributed by atoms with van der Waals surface area (Å²) in [6.07, 6.45) is 4.23. The molecule has 3 atom stereocenters. The number of aryl methyl sites for hydroxylation is 1. The van der Waals surface area contributed by atoms with Crippen LogP contribution in [0, 0.1) is 12.8 Å². The van der Waals surface area contributed by atoms with Crippen molar-refractivity contribution in [3.05, 3.63) is 66.0 Å². The SMILES string of the molecule is Cc1cncc2ccc(NC(=O)[C@@H]3C[C@H]3c3ccc(S(=O)(=O)NC4CCNCC4(F)F)cc3)cc12. The van der Waals surface area contributed by atoms with Crippen LogP contribution in [0.5, 0.6) is 0 Å². The Morgan fingerprint density at radius 2 is 1.91 bits per heavy atom. The molecular weight excluding hydrogens is 474 g/mol. The molecule has 1 saturated carbocycles. The van der Waals surface area contributed by atoms with Crippen LogP contribution in [0.4, 0.5) is 14.5 Å². The molecule has 1 saturated heterocycles. The van der Waals surface area contributed by atoms with Crippen LogP contribution in [-0.4, -0.2) is 44.4 Å². The molecule has 1 aliphatic heterocycles. The zero-order chi connectivity index (χ0) is 24.8. The van der Waals surface area contributed by atoms with Gasteiger partial charge in [-0.1, -0.05) is 18.2 Å². The van der Waals surface area contributed by atoms with Gasteiger partial charge < -0.3 is 10.6 Å². The number of hydrogen-bond donors (Lipinski definition) is 3. The number of alkyl halides is 2. The molecule has 0 radical (unpaired) electrons. The third-order valence-corrected chi connectivity index (χ3v) is 8.24. The van der Waals surface area contributed by atoms with Gasteiger partial charge in [0.15, 0.2) is 0 Å². The molecule has 2 aliphatic rings. The minimum absolute atomic E-state index is 0.0108. The van der Waals surface area contributed by atoms with Crippen LogP contribution in [0.3, 0.4) is 0 Å². The second-order valence-electron chi connectivity index (χ2n) is 9.30. The van der Waals surface area contributed by atoms with Crippen molar-refractivity contribution >= 4 is 32.4 Å². The monoisotopic (exact) mass is 500 g/mol. The van der Waals surface area contributed by atoms with Gasteiger partial charge in [0.2, 0.25) is 15.9 Å². The topological polar surface area (TPSA) is 100 Å². The Morgan fingerprint density at radius 1 is 1.14 bits per heavy atom. The fourth-order valence-electron chi connectivity index (χ4n) is 4.61. The number of halogens is 2. The number of pyridine rings is 1. The van der Waals surface area contributed by atoms with Gasteiger partial charge in [-0.05, 0) is 73.0 Å². The molecule has 1 unspecified atom stereocenters. The van der Waals surface area contributed by atoms with E-state index in [1.165, 1.54) is 12.1 Å². The number of rotatable bonds is 6. The zero-order valence-corrected chi connectivity index (χ0v) is 19.9. The number of carbonyl (C=O) groups is 1. The molecular formula is C25H26F2N4O3S. The van der Waals surface area contributed by atoms with Gasteiger partial charge in [-0.25, -0.2) is 21.9 Å². The maximum atomic E-state index is 14.0. The van der Waals surface area contributed by atoms with Gasteiger partial charge in [-0.15, -0.1) is 0 Å². The number of aromatic nitrogens is 1. The Bertz CT molecular complexity index is 1380. The van der Waals surface area contributed by atoms with Crippen LogP contribution in [-0.2, 0) is 14.8 Å². The summed E-state index contributed by atoms with van der Waals surface area (Å²) in [5, 5.41) is 7.57. The number of amides is 1. The number of fused-ring (bicyclic) bond motifs is 1. The predicted octanol–water partition coefficient (Wildman–Crippen LogP) is 3.56. The number of benzene rings is 2. The number of nitrogens with one attached hydrogen (secondary N) is 3. The van der Waals surface area contributed by atoms with Crippen LogP contribution in [0.25, 0.3) is 10.8 Å². The van der Waals surface area contributed by atoms with Gasteiger partial charge in [0, 0.05) is 29.4 Å². The summed E-state index contributed by atoms with van der Waals surface area (Å²) in [6.45, 7) is 1.73. The second kappa shape index (κ2) is 8.92. The summed E-state index contributed by atoms with van der Waals surface area (Å²) in [7, 11) is -4.09. The largest absolute Gasteiger partial charge is 0.326 e. The molecule has 2 heterocycles. The highest BCUT2D eigenvalue weighted by atomic mass is 32.2. The fraction of sp³-hybridized carbons (Fsp3) is 0.360. The second-order valence-corrected chi connectivity index (χ2v) is 11.0. The number of nitrogens with zero attached hydrogens (tertiary/aromatic N) is 1. The molecule has 0 bridgehead atoms. The van der Waals surface area contributed by atoms with E-state index < -0.39 is 28.5 Å². The molecule has 0 spiro atoms. The Kier molecular flexibility index (Phi) is 6.06. The Balaban J connectivity index is 1.23. The molecule has 1 aliphatic carbocycles. The summed E-state index contributed by atoms with van der Waals surface area (Å²) in [4.78, 5) is 16.9. The van der Waals surface area contributed by atoms with Crippen molar-refractivity contribution in [2.24, 2.45) is 5.92 Å². The van der Waals surface area contributed by atoms with Crippen molar-refractivity contribution < 1.29 is 22.0 Å². The summed E-state index contributed by atoms with van der Waals surface area (Å²) >= 11 is 0. The highest BCUT2D eigenvalue weighted by molar-refractivity contribution is 7.89. The molecule has 7 nitrogen and oxygen atoms in total. The highest BCUT2D eigenvalue weighted by Gasteiger charge is 2.45. The van der Waals surface area contributed by atoms with Crippen molar-refractivity contribution in [1.29, 1.82) is 0 Å². The van der Waals surface area contributed by atoms with Crippen molar-refractivity contribution in [1.82, 2.24) is 15.0 Å². The smallest absolute Gasteiger partial charge is 0.276 e. The van der Waals surface area contributed by atoms with Crippen molar-refractivity contribution in [3.8, 4) is 0 Å². The Hall–Kier alpha value is -2.95. The summed E-state index contributed by atoms with van der Waals surface area (Å²) in [5.41, 5.74) is 2.58. The molecule has 5 rings (SSSR count). The minimum Gasteiger partial charge on any atom is -0.326 e. The third kappa shape index (κ3) is 4.91. The molecule has 1 aromatic heterocycles. The molecule has 3 N–H and O–H groups in total. The van der Waals surface area contributed by atoms with Crippen LogP contribution in [0.2, 0.25) is 0 Å². The molecule has 184 valence electrons. The van der Waals surface area contributed by atoms with Crippen molar-refractivity contribution in [2.45, 2.75) is 42.5 Å². The van der Waals surface area contributed by atoms with Gasteiger partial charge >= 0.3 is 0 Å². The molecule has 3 aromatic rings. The number of anilines is 1. The van der Waals surface area contributed by atoms with E-state index in [1.807, 2.05) is 25.1 Å². The first-order valence-electron chi connectivity index (χ1n) is 11.5. The number of sulfonamides is 1. The van der Waals surface area contributed by atoms with E-state index >= 15 is 0 Å². The van der Waals surface area contributed by atoms with Gasteiger partial charge in [-0.2, -0.15) is 0 Å². The highest BCUT2D eigenvalue weighted by Crippen LogP contribution is 2.48. The van der Waals surface area contributed by atoms with E-state index in [-0.39, 0.29) is 29.1 Å². The lowest BCUT2D eigenvalue weighted by Gasteiger charge is -2.32. The third-order valence-electron chi connectivity index (χ3n) is 6.75. The average Bonchev–Trinajstić information content (AvgIpc) is 3.62. The zero-order valence-electron chi connectivity index (χ0n) is 19.1. The first-order valence-corrected chi connectivity index (χ1v) is 13.0. The maximum absolute atomic E-state index is 14.0. The molecule has 2 aromatic carbocycles. The van der Waals surface area contributed by atoms with E-state index in [0.717, 1.165) is 21.9 Å². The van der Waals surface area contributed by atoms with E-state index in [1.54, 1.807) is 24.5 Å². The van der Waals surface area contributed by atoms with Crippen molar-refractivity contribution in [2.75, 3.05) is 18.4 Å². The number of piperidine rings is 1. The van der Waals surface area contributed by atoms with Crippen molar-refractivity contribution in [3.63, 3.8) is 0 Å². The molecule has 2 fully saturated rings. The number of hydrogen-bond acceptors (Lipinski definition) is 5. The normalized spacial score (nSPS) is 23.7. The van der Waals surface area contributed by atoms with Gasteiger partial charge in [0.25, 0.3) is 5.92 Å². The van der Waals surface area contributed by atoms with E-state index in [0.29, 0.717) is 18.7 Å². The lowest BCUT2D eigenvalue weighted by Crippen LogP contribution is -2.57. The van der Waals surface area contributed by atoms with E-state index in [4.69, 9.17) is 0 Å². The molecule has 10 heteroatoms. The quantitative estimate of drug-likeness (QED) is 0.481. The fourth-order valence-corrected chi connectivity index (χ4v) is 5.90. The van der Waals surface area contributed by atoms with E-state index in [9.17, 15) is 22.0 Å². The van der Waals surface area contributed by atoms with Gasteiger partial charge in [0.1, 0.15) is 0 Å². The van der Waals surface area contributed by atoms with E-state index in [2.05, 4.69) is 20.3 Å². The minimum atomic E-state index is -4.09.